The Morgan fingerprint density at radius 3 is 2.36 bits per heavy atom. The summed E-state index contributed by atoms with van der Waals surface area (Å²) in [5.74, 6) is -3.57. The number of nitrogens with two attached hydrogens (primary N) is 2. The number of Topliss-reactive ketones (excluding diaryl/α,β-unsaturated/α-hetero) is 1. The van der Waals surface area contributed by atoms with Crippen LogP contribution in [0.5, 0.6) is 0 Å². The van der Waals surface area contributed by atoms with Crippen LogP contribution < -0.4 is 22.1 Å². The number of hydrogen-bond donors (Lipinski definition) is 4. The van der Waals surface area contributed by atoms with Gasteiger partial charge >= 0.3 is 0 Å². The Hall–Kier alpha value is -3.98. The smallest absolute Gasteiger partial charge is 0.294 e. The monoisotopic (exact) mass is 471 g/mol. The zero-order chi connectivity index (χ0) is 23.3. The average Bonchev–Trinajstić information content (AvgIpc) is 2.78. The summed E-state index contributed by atoms with van der Waals surface area (Å²) in [5, 5.41) is 6.78. The van der Waals surface area contributed by atoms with Crippen LogP contribution in [0.25, 0.3) is 10.8 Å². The minimum Gasteiger partial charge on any atom is -0.370 e. The number of aliphatic imine (C=N–C) groups is 1. The van der Waals surface area contributed by atoms with Crippen molar-refractivity contribution in [1.82, 2.24) is 5.32 Å². The van der Waals surface area contributed by atoms with Crippen molar-refractivity contribution in [3.8, 4) is 0 Å². The number of hydrogen-bond acceptors (Lipinski definition) is 4. The molecule has 3 aromatic rings. The molecule has 172 valence electrons. The molecule has 0 spiro atoms. The number of halogens is 2. The van der Waals surface area contributed by atoms with Crippen molar-refractivity contribution in [1.29, 1.82) is 0 Å². The highest BCUT2D eigenvalue weighted by atomic mass is 35.5. The molecule has 1 unspecified atom stereocenters. The van der Waals surface area contributed by atoms with Crippen LogP contribution in [0, 0.1) is 5.82 Å². The molecule has 0 bridgehead atoms. The van der Waals surface area contributed by atoms with Gasteiger partial charge in [0.1, 0.15) is 12.0 Å². The summed E-state index contributed by atoms with van der Waals surface area (Å²) in [6, 6.07) is 15.8. The molecule has 3 aromatic carbocycles. The van der Waals surface area contributed by atoms with Gasteiger partial charge in [-0.15, -0.1) is 12.4 Å². The fourth-order valence-electron chi connectivity index (χ4n) is 3.08. The van der Waals surface area contributed by atoms with E-state index < -0.39 is 29.6 Å². The Labute approximate surface area is 195 Å². The molecule has 0 aliphatic carbocycles. The van der Waals surface area contributed by atoms with Gasteiger partial charge in [0, 0.05) is 5.56 Å². The number of benzene rings is 3. The zero-order valence-corrected chi connectivity index (χ0v) is 18.5. The van der Waals surface area contributed by atoms with Gasteiger partial charge in [0.15, 0.2) is 5.96 Å². The fourth-order valence-corrected chi connectivity index (χ4v) is 3.08. The highest BCUT2D eigenvalue weighted by Gasteiger charge is 2.23. The zero-order valence-electron chi connectivity index (χ0n) is 17.7. The maximum absolute atomic E-state index is 13.9. The van der Waals surface area contributed by atoms with Crippen molar-refractivity contribution in [2.45, 2.75) is 19.5 Å². The minimum absolute atomic E-state index is 0. The molecule has 0 aliphatic heterocycles. The second kappa shape index (κ2) is 11.1. The van der Waals surface area contributed by atoms with E-state index >= 15 is 0 Å². The molecule has 0 fully saturated rings. The van der Waals surface area contributed by atoms with Gasteiger partial charge in [0.05, 0.1) is 11.3 Å². The van der Waals surface area contributed by atoms with E-state index in [1.165, 1.54) is 6.07 Å². The van der Waals surface area contributed by atoms with Crippen LogP contribution in [0.15, 0.2) is 65.7 Å². The summed E-state index contributed by atoms with van der Waals surface area (Å²) in [4.78, 5) is 41.7. The largest absolute Gasteiger partial charge is 0.370 e. The molecule has 33 heavy (non-hydrogen) atoms. The number of fused-ring (bicyclic) bond motifs is 1. The number of nitrogens with one attached hydrogen (secondary N) is 2. The molecule has 0 aromatic heterocycles. The van der Waals surface area contributed by atoms with Crippen molar-refractivity contribution < 1.29 is 18.8 Å². The van der Waals surface area contributed by atoms with E-state index in [1.54, 1.807) is 25.1 Å². The van der Waals surface area contributed by atoms with Crippen molar-refractivity contribution in [3.63, 3.8) is 0 Å². The predicted molar refractivity (Wildman–Crippen MR) is 128 cm³/mol. The number of carbonyl (C=O) groups excluding carboxylic acids is 3. The molecule has 0 aliphatic rings. The number of anilines is 1. The van der Waals surface area contributed by atoms with E-state index in [4.69, 9.17) is 11.5 Å². The van der Waals surface area contributed by atoms with E-state index in [2.05, 4.69) is 15.6 Å². The van der Waals surface area contributed by atoms with Gasteiger partial charge in [-0.3, -0.25) is 14.4 Å². The van der Waals surface area contributed by atoms with Gasteiger partial charge in [0.2, 0.25) is 0 Å². The Morgan fingerprint density at radius 2 is 1.70 bits per heavy atom. The Kier molecular flexibility index (Phi) is 8.47. The summed E-state index contributed by atoms with van der Waals surface area (Å²) < 4.78 is 13.9. The number of rotatable bonds is 7. The van der Waals surface area contributed by atoms with Crippen LogP contribution in [0.1, 0.15) is 34.1 Å². The lowest BCUT2D eigenvalue weighted by atomic mass is 10.0. The Balaban J connectivity index is 0.00000385. The lowest BCUT2D eigenvalue weighted by Crippen LogP contribution is -2.40. The lowest BCUT2D eigenvalue weighted by molar-refractivity contribution is -0.117. The fraction of sp³-hybridized carbons (Fsp3) is 0.130. The number of nitrogens with zero attached hydrogens (tertiary/aromatic N) is 1. The summed E-state index contributed by atoms with van der Waals surface area (Å²) in [7, 11) is 0. The first kappa shape index (κ1) is 25.3. The average molecular weight is 472 g/mol. The molecule has 0 saturated heterocycles. The normalized spacial score (nSPS) is 11.1. The van der Waals surface area contributed by atoms with Gasteiger partial charge in [-0.25, -0.2) is 9.38 Å². The van der Waals surface area contributed by atoms with E-state index in [-0.39, 0.29) is 29.6 Å². The van der Waals surface area contributed by atoms with Gasteiger partial charge in [-0.2, -0.15) is 0 Å². The molecule has 0 radical (unpaired) electrons. The second-order valence-corrected chi connectivity index (χ2v) is 6.99. The summed E-state index contributed by atoms with van der Waals surface area (Å²) in [6.45, 7) is 1.71. The third-order valence-corrected chi connectivity index (χ3v) is 4.68. The van der Waals surface area contributed by atoms with Gasteiger partial charge < -0.3 is 22.1 Å². The first-order valence-electron chi connectivity index (χ1n) is 9.82. The molecular weight excluding hydrogens is 449 g/mol. The van der Waals surface area contributed by atoms with E-state index in [0.29, 0.717) is 12.0 Å². The Morgan fingerprint density at radius 1 is 1.00 bits per heavy atom. The van der Waals surface area contributed by atoms with Crippen LogP contribution in [-0.2, 0) is 4.79 Å². The number of amides is 2. The molecular formula is C23H23ClFN5O3. The van der Waals surface area contributed by atoms with Crippen LogP contribution in [-0.4, -0.2) is 29.7 Å². The van der Waals surface area contributed by atoms with E-state index in [1.807, 2.05) is 24.3 Å². The number of guanidine groups is 1. The topological polar surface area (TPSA) is 140 Å². The molecule has 8 nitrogen and oxygen atoms in total. The van der Waals surface area contributed by atoms with Crippen molar-refractivity contribution in [3.05, 3.63) is 77.6 Å². The molecule has 1 atom stereocenters. The van der Waals surface area contributed by atoms with E-state index in [0.717, 1.165) is 22.9 Å². The van der Waals surface area contributed by atoms with Crippen molar-refractivity contribution in [2.24, 2.45) is 16.5 Å². The highest BCUT2D eigenvalue weighted by Crippen LogP contribution is 2.21. The third kappa shape index (κ3) is 6.27. The van der Waals surface area contributed by atoms with Crippen LogP contribution in [0.2, 0.25) is 0 Å². The van der Waals surface area contributed by atoms with Gasteiger partial charge in [-0.1, -0.05) is 37.3 Å². The van der Waals surface area contributed by atoms with E-state index in [9.17, 15) is 18.8 Å². The summed E-state index contributed by atoms with van der Waals surface area (Å²) in [5.41, 5.74) is 10.7. The minimum atomic E-state index is -1.04. The molecule has 3 rings (SSSR count). The molecule has 10 heteroatoms. The van der Waals surface area contributed by atoms with Crippen LogP contribution >= 0.6 is 12.4 Å². The first-order chi connectivity index (χ1) is 15.3. The van der Waals surface area contributed by atoms with Crippen molar-refractivity contribution >= 4 is 52.4 Å². The van der Waals surface area contributed by atoms with Gasteiger partial charge in [-0.05, 0) is 47.5 Å². The molecule has 6 N–H and O–H groups in total. The molecule has 2 amide bonds. The van der Waals surface area contributed by atoms with Crippen molar-refractivity contribution in [2.75, 3.05) is 5.32 Å². The first-order valence-corrected chi connectivity index (χ1v) is 9.82. The van der Waals surface area contributed by atoms with Crippen LogP contribution in [0.4, 0.5) is 10.1 Å². The lowest BCUT2D eigenvalue weighted by Gasteiger charge is -2.14. The number of ketones is 1. The standard InChI is InChI=1S/C23H22FN5O3.ClH/c1-2-19(29-23(25)26)28-22(32)20(30)17-12-16(24)9-10-18(17)27-21(31)15-8-7-13-5-3-4-6-14(13)11-15;/h3-12,19H,2H2,1H3,(H,27,31)(H,28,32)(H4,25,26,29);1H. The summed E-state index contributed by atoms with van der Waals surface area (Å²) in [6.07, 6.45) is -0.494. The molecule has 0 heterocycles. The maximum Gasteiger partial charge on any atom is 0.294 e. The second-order valence-electron chi connectivity index (χ2n) is 6.99. The van der Waals surface area contributed by atoms with Gasteiger partial charge in [0.25, 0.3) is 17.6 Å². The summed E-state index contributed by atoms with van der Waals surface area (Å²) >= 11 is 0. The predicted octanol–water partition coefficient (Wildman–Crippen LogP) is 2.96. The Bertz CT molecular complexity index is 1230. The SMILES string of the molecule is CCC(N=C(N)N)NC(=O)C(=O)c1cc(F)ccc1NC(=O)c1ccc2ccccc2c1.Cl. The maximum atomic E-state index is 13.9. The molecule has 0 saturated carbocycles. The quantitative estimate of drug-likeness (QED) is 0.181. The van der Waals surface area contributed by atoms with Crippen LogP contribution in [0.3, 0.4) is 0 Å². The highest BCUT2D eigenvalue weighted by molar-refractivity contribution is 6.44. The third-order valence-electron chi connectivity index (χ3n) is 4.68. The number of carbonyl (C=O) groups is 3.